The standard InChI is InChI=1S/C10H8N6O2S/c17-16(18)5-1-2-6-7(3-5)14-10(13-6)8(19)9-11-4-12-15-9/h1-4,8,19H,(H,13,14)(H,11,12,15). The number of imidazole rings is 1. The van der Waals surface area contributed by atoms with E-state index in [9.17, 15) is 10.1 Å². The highest BCUT2D eigenvalue weighted by atomic mass is 32.1. The van der Waals surface area contributed by atoms with E-state index in [1.165, 1.54) is 18.5 Å². The molecule has 0 spiro atoms. The Morgan fingerprint density at radius 1 is 1.37 bits per heavy atom. The molecule has 9 heteroatoms. The van der Waals surface area contributed by atoms with Gasteiger partial charge in [0.2, 0.25) is 0 Å². The molecule has 3 rings (SSSR count). The van der Waals surface area contributed by atoms with Crippen molar-refractivity contribution in [2.75, 3.05) is 0 Å². The first kappa shape index (κ1) is 11.7. The number of H-pyrrole nitrogens is 2. The summed E-state index contributed by atoms with van der Waals surface area (Å²) in [6.45, 7) is 0. The Morgan fingerprint density at radius 2 is 2.21 bits per heavy atom. The van der Waals surface area contributed by atoms with Crippen LogP contribution in [0.25, 0.3) is 11.0 Å². The van der Waals surface area contributed by atoms with Gasteiger partial charge in [-0.15, -0.1) is 0 Å². The lowest BCUT2D eigenvalue weighted by molar-refractivity contribution is -0.384. The van der Waals surface area contributed by atoms with Crippen LogP contribution in [0.3, 0.4) is 0 Å². The largest absolute Gasteiger partial charge is 0.340 e. The summed E-state index contributed by atoms with van der Waals surface area (Å²) in [5, 5.41) is 16.8. The highest BCUT2D eigenvalue weighted by Crippen LogP contribution is 2.26. The average Bonchev–Trinajstić information content (AvgIpc) is 3.06. The fourth-order valence-corrected chi connectivity index (χ4v) is 1.98. The van der Waals surface area contributed by atoms with Gasteiger partial charge in [0, 0.05) is 12.1 Å². The molecule has 2 aromatic heterocycles. The topological polar surface area (TPSA) is 113 Å². The summed E-state index contributed by atoms with van der Waals surface area (Å²) >= 11 is 4.39. The number of hydrogen-bond donors (Lipinski definition) is 3. The van der Waals surface area contributed by atoms with Gasteiger partial charge >= 0.3 is 0 Å². The minimum atomic E-state index is -0.450. The summed E-state index contributed by atoms with van der Waals surface area (Å²) in [5.74, 6) is 1.10. The molecule has 0 saturated heterocycles. The summed E-state index contributed by atoms with van der Waals surface area (Å²) in [7, 11) is 0. The van der Waals surface area contributed by atoms with E-state index >= 15 is 0 Å². The van der Waals surface area contributed by atoms with Gasteiger partial charge in [0.05, 0.1) is 16.0 Å². The van der Waals surface area contributed by atoms with Gasteiger partial charge in [0.25, 0.3) is 5.69 Å². The maximum absolute atomic E-state index is 10.7. The average molecular weight is 276 g/mol. The fraction of sp³-hybridized carbons (Fsp3) is 0.100. The Labute approximate surface area is 111 Å². The molecule has 0 saturated carbocycles. The van der Waals surface area contributed by atoms with Crippen molar-refractivity contribution < 1.29 is 4.92 Å². The number of aromatic amines is 2. The van der Waals surface area contributed by atoms with E-state index in [1.807, 2.05) is 0 Å². The predicted molar refractivity (Wildman–Crippen MR) is 70.0 cm³/mol. The van der Waals surface area contributed by atoms with E-state index in [4.69, 9.17) is 0 Å². The number of hydrogen-bond acceptors (Lipinski definition) is 6. The van der Waals surface area contributed by atoms with Gasteiger partial charge in [0.1, 0.15) is 23.2 Å². The second-order valence-corrected chi connectivity index (χ2v) is 4.37. The molecular formula is C10H8N6O2S. The van der Waals surface area contributed by atoms with Crippen LogP contribution < -0.4 is 0 Å². The van der Waals surface area contributed by atoms with Crippen molar-refractivity contribution in [1.82, 2.24) is 25.1 Å². The molecule has 1 atom stereocenters. The molecule has 0 fully saturated rings. The zero-order valence-electron chi connectivity index (χ0n) is 9.44. The van der Waals surface area contributed by atoms with E-state index in [0.717, 1.165) is 0 Å². The monoisotopic (exact) mass is 276 g/mol. The van der Waals surface area contributed by atoms with Crippen molar-refractivity contribution in [2.45, 2.75) is 5.25 Å². The lowest BCUT2D eigenvalue weighted by Gasteiger charge is -2.01. The SMILES string of the molecule is O=[N+]([O-])c1ccc2nc(C(S)c3ncn[nH]3)[nH]c2c1. The maximum atomic E-state index is 10.7. The van der Waals surface area contributed by atoms with E-state index in [1.54, 1.807) is 6.07 Å². The lowest BCUT2D eigenvalue weighted by Crippen LogP contribution is -1.98. The smallest absolute Gasteiger partial charge is 0.271 e. The van der Waals surface area contributed by atoms with Crippen LogP contribution in [0.2, 0.25) is 0 Å². The minimum Gasteiger partial charge on any atom is -0.340 e. The van der Waals surface area contributed by atoms with Crippen molar-refractivity contribution in [1.29, 1.82) is 0 Å². The second-order valence-electron chi connectivity index (χ2n) is 3.85. The number of nitro groups is 1. The van der Waals surface area contributed by atoms with Gasteiger partial charge in [0.15, 0.2) is 0 Å². The van der Waals surface area contributed by atoms with Gasteiger partial charge in [-0.1, -0.05) is 0 Å². The molecule has 0 aliphatic heterocycles. The summed E-state index contributed by atoms with van der Waals surface area (Å²) in [5.41, 5.74) is 1.24. The third-order valence-corrected chi connectivity index (χ3v) is 3.14. The molecule has 96 valence electrons. The normalized spacial score (nSPS) is 12.7. The molecule has 2 N–H and O–H groups in total. The summed E-state index contributed by atoms with van der Waals surface area (Å²) in [6, 6.07) is 4.44. The number of aromatic nitrogens is 5. The zero-order chi connectivity index (χ0) is 13.4. The number of nitrogens with zero attached hydrogens (tertiary/aromatic N) is 4. The molecular weight excluding hydrogens is 268 g/mol. The van der Waals surface area contributed by atoms with Crippen LogP contribution in [-0.4, -0.2) is 30.1 Å². The summed E-state index contributed by atoms with van der Waals surface area (Å²) in [6.07, 6.45) is 1.38. The van der Waals surface area contributed by atoms with Gasteiger partial charge in [-0.2, -0.15) is 17.7 Å². The second kappa shape index (κ2) is 4.35. The van der Waals surface area contributed by atoms with Crippen molar-refractivity contribution in [3.63, 3.8) is 0 Å². The van der Waals surface area contributed by atoms with Crippen LogP contribution in [-0.2, 0) is 0 Å². The molecule has 0 radical (unpaired) electrons. The molecule has 1 unspecified atom stereocenters. The van der Waals surface area contributed by atoms with Gasteiger partial charge in [-0.3, -0.25) is 15.2 Å². The van der Waals surface area contributed by atoms with Crippen LogP contribution in [0.4, 0.5) is 5.69 Å². The van der Waals surface area contributed by atoms with Crippen molar-refractivity contribution in [2.24, 2.45) is 0 Å². The first-order chi connectivity index (χ1) is 9.15. The van der Waals surface area contributed by atoms with E-state index in [-0.39, 0.29) is 5.69 Å². The number of thiol groups is 1. The molecule has 2 heterocycles. The van der Waals surface area contributed by atoms with Crippen molar-refractivity contribution in [3.05, 3.63) is 46.3 Å². The molecule has 0 bridgehead atoms. The highest BCUT2D eigenvalue weighted by molar-refractivity contribution is 7.80. The number of fused-ring (bicyclic) bond motifs is 1. The molecule has 0 aliphatic rings. The Kier molecular flexibility index (Phi) is 2.67. The third kappa shape index (κ3) is 2.03. The van der Waals surface area contributed by atoms with E-state index in [2.05, 4.69) is 37.8 Å². The van der Waals surface area contributed by atoms with Gasteiger partial charge in [-0.05, 0) is 6.07 Å². The van der Waals surface area contributed by atoms with E-state index in [0.29, 0.717) is 22.7 Å². The fourth-order valence-electron chi connectivity index (χ4n) is 1.74. The Bertz CT molecular complexity index is 738. The first-order valence-corrected chi connectivity index (χ1v) is 5.84. The number of benzene rings is 1. The molecule has 19 heavy (non-hydrogen) atoms. The zero-order valence-corrected chi connectivity index (χ0v) is 10.3. The predicted octanol–water partition coefficient (Wildman–Crippen LogP) is 1.61. The van der Waals surface area contributed by atoms with Gasteiger partial charge < -0.3 is 4.98 Å². The number of non-ortho nitro benzene ring substituents is 1. The molecule has 1 aromatic carbocycles. The van der Waals surface area contributed by atoms with E-state index < -0.39 is 10.2 Å². The Morgan fingerprint density at radius 3 is 2.89 bits per heavy atom. The molecule has 3 aromatic rings. The molecule has 0 aliphatic carbocycles. The van der Waals surface area contributed by atoms with Crippen LogP contribution >= 0.6 is 12.6 Å². The minimum absolute atomic E-state index is 0.0121. The maximum Gasteiger partial charge on any atom is 0.271 e. The number of nitrogens with one attached hydrogen (secondary N) is 2. The lowest BCUT2D eigenvalue weighted by atomic mass is 10.3. The summed E-state index contributed by atoms with van der Waals surface area (Å²) in [4.78, 5) is 21.6. The first-order valence-electron chi connectivity index (χ1n) is 5.32. The van der Waals surface area contributed by atoms with Crippen LogP contribution in [0.15, 0.2) is 24.5 Å². The van der Waals surface area contributed by atoms with Crippen molar-refractivity contribution >= 4 is 29.3 Å². The van der Waals surface area contributed by atoms with Crippen LogP contribution in [0.1, 0.15) is 16.9 Å². The molecule has 8 nitrogen and oxygen atoms in total. The van der Waals surface area contributed by atoms with Crippen LogP contribution in [0, 0.1) is 10.1 Å². The third-order valence-electron chi connectivity index (χ3n) is 2.65. The van der Waals surface area contributed by atoms with Crippen LogP contribution in [0.5, 0.6) is 0 Å². The Hall–Kier alpha value is -2.42. The number of rotatable bonds is 3. The van der Waals surface area contributed by atoms with Crippen molar-refractivity contribution in [3.8, 4) is 0 Å². The summed E-state index contributed by atoms with van der Waals surface area (Å²) < 4.78 is 0. The van der Waals surface area contributed by atoms with Gasteiger partial charge in [-0.25, -0.2) is 9.97 Å². The number of nitro benzene ring substituents is 1. The molecule has 0 amide bonds. The Balaban J connectivity index is 2.04. The highest BCUT2D eigenvalue weighted by Gasteiger charge is 2.17. The quantitative estimate of drug-likeness (QED) is 0.382.